The molecule has 23 heavy (non-hydrogen) atoms. The van der Waals surface area contributed by atoms with Gasteiger partial charge in [-0.25, -0.2) is 9.97 Å². The van der Waals surface area contributed by atoms with Crippen molar-refractivity contribution >= 4 is 39.0 Å². The lowest BCUT2D eigenvalue weighted by Crippen LogP contribution is -2.26. The van der Waals surface area contributed by atoms with Crippen LogP contribution in [-0.4, -0.2) is 15.5 Å². The Bertz CT molecular complexity index is 832. The third kappa shape index (κ3) is 3.48. The van der Waals surface area contributed by atoms with Crippen LogP contribution in [0.2, 0.25) is 5.28 Å². The zero-order valence-electron chi connectivity index (χ0n) is 13.8. The summed E-state index contributed by atoms with van der Waals surface area (Å²) in [4.78, 5) is 9.72. The molecule has 0 aliphatic rings. The summed E-state index contributed by atoms with van der Waals surface area (Å²) in [6.07, 6.45) is 1.04. The molecule has 0 spiro atoms. The molecule has 0 saturated carbocycles. The maximum Gasteiger partial charge on any atom is 0.225 e. The number of fused-ring (bicyclic) bond motifs is 1. The van der Waals surface area contributed by atoms with E-state index in [4.69, 9.17) is 11.6 Å². The van der Waals surface area contributed by atoms with Crippen molar-refractivity contribution < 1.29 is 0 Å². The first kappa shape index (κ1) is 16.2. The highest BCUT2D eigenvalue weighted by Gasteiger charge is 2.18. The average molecular weight is 346 g/mol. The highest BCUT2D eigenvalue weighted by atomic mass is 35.5. The molecule has 0 aliphatic carbocycles. The first-order valence-corrected chi connectivity index (χ1v) is 8.95. The van der Waals surface area contributed by atoms with Gasteiger partial charge in [-0.15, -0.1) is 11.3 Å². The van der Waals surface area contributed by atoms with Crippen molar-refractivity contribution in [2.24, 2.45) is 0 Å². The van der Waals surface area contributed by atoms with Crippen LogP contribution in [0.15, 0.2) is 29.6 Å². The molecular formula is C18H20ClN3S. The number of nitrogens with zero attached hydrogens (tertiary/aromatic N) is 2. The molecule has 5 heteroatoms. The van der Waals surface area contributed by atoms with Gasteiger partial charge in [0, 0.05) is 16.5 Å². The summed E-state index contributed by atoms with van der Waals surface area (Å²) in [5.74, 6) is 0.795. The van der Waals surface area contributed by atoms with Crippen molar-refractivity contribution in [2.75, 3.05) is 5.32 Å². The predicted molar refractivity (Wildman–Crippen MR) is 101 cm³/mol. The van der Waals surface area contributed by atoms with Crippen molar-refractivity contribution in [3.63, 3.8) is 0 Å². The molecule has 120 valence electrons. The van der Waals surface area contributed by atoms with E-state index in [-0.39, 0.29) is 10.8 Å². The number of benzene rings is 1. The zero-order chi connectivity index (χ0) is 16.6. The van der Waals surface area contributed by atoms with Gasteiger partial charge in [-0.05, 0) is 49.9 Å². The van der Waals surface area contributed by atoms with E-state index in [1.165, 1.54) is 11.1 Å². The molecule has 3 nitrogen and oxygen atoms in total. The van der Waals surface area contributed by atoms with Gasteiger partial charge in [0.15, 0.2) is 0 Å². The smallest absolute Gasteiger partial charge is 0.225 e. The second-order valence-electron chi connectivity index (χ2n) is 6.60. The van der Waals surface area contributed by atoms with E-state index in [0.717, 1.165) is 28.0 Å². The third-order valence-electron chi connectivity index (χ3n) is 3.57. The monoisotopic (exact) mass is 345 g/mol. The van der Waals surface area contributed by atoms with E-state index in [2.05, 4.69) is 72.6 Å². The molecule has 0 aliphatic heterocycles. The van der Waals surface area contributed by atoms with Crippen LogP contribution in [0, 0.1) is 0 Å². The highest BCUT2D eigenvalue weighted by Crippen LogP contribution is 2.38. The standard InChI is InChI=1S/C18H20ClN3S/c1-5-11-6-8-12(9-7-11)13-10-23-16-14(13)15(20-17(19)21-16)22-18(2,3)4/h6-10H,5H2,1-4H3,(H,20,21,22). The molecule has 1 aromatic carbocycles. The van der Waals surface area contributed by atoms with Gasteiger partial charge in [-0.3, -0.25) is 0 Å². The van der Waals surface area contributed by atoms with Gasteiger partial charge in [-0.2, -0.15) is 0 Å². The van der Waals surface area contributed by atoms with Gasteiger partial charge in [-0.1, -0.05) is 31.2 Å². The fourth-order valence-corrected chi connectivity index (χ4v) is 3.66. The molecule has 0 unspecified atom stereocenters. The Hall–Kier alpha value is -1.65. The van der Waals surface area contributed by atoms with Crippen LogP contribution in [0.4, 0.5) is 5.82 Å². The lowest BCUT2D eigenvalue weighted by molar-refractivity contribution is 0.631. The number of nitrogens with one attached hydrogen (secondary N) is 1. The van der Waals surface area contributed by atoms with Crippen LogP contribution in [0.1, 0.15) is 33.3 Å². The largest absolute Gasteiger partial charge is 0.365 e. The van der Waals surface area contributed by atoms with Crippen molar-refractivity contribution in [1.82, 2.24) is 9.97 Å². The van der Waals surface area contributed by atoms with E-state index in [1.54, 1.807) is 11.3 Å². The van der Waals surface area contributed by atoms with Crippen molar-refractivity contribution in [3.05, 3.63) is 40.5 Å². The Morgan fingerprint density at radius 1 is 1.13 bits per heavy atom. The minimum atomic E-state index is -0.101. The fourth-order valence-electron chi connectivity index (χ4n) is 2.49. The molecule has 0 bridgehead atoms. The lowest BCUT2D eigenvalue weighted by atomic mass is 10.0. The first-order valence-electron chi connectivity index (χ1n) is 7.69. The van der Waals surface area contributed by atoms with Crippen LogP contribution >= 0.6 is 22.9 Å². The summed E-state index contributed by atoms with van der Waals surface area (Å²) in [5.41, 5.74) is 3.56. The molecule has 3 rings (SSSR count). The van der Waals surface area contributed by atoms with Crippen molar-refractivity contribution in [1.29, 1.82) is 0 Å². The molecular weight excluding hydrogens is 326 g/mol. The molecule has 0 saturated heterocycles. The second kappa shape index (κ2) is 6.10. The minimum Gasteiger partial charge on any atom is -0.365 e. The molecule has 0 fully saturated rings. The van der Waals surface area contributed by atoms with Crippen LogP contribution in [0.3, 0.4) is 0 Å². The molecule has 0 atom stereocenters. The number of halogens is 1. The Morgan fingerprint density at radius 2 is 1.83 bits per heavy atom. The molecule has 3 aromatic rings. The lowest BCUT2D eigenvalue weighted by Gasteiger charge is -2.22. The molecule has 0 amide bonds. The predicted octanol–water partition coefficient (Wildman–Crippen LogP) is 5.78. The Kier molecular flexibility index (Phi) is 4.30. The summed E-state index contributed by atoms with van der Waals surface area (Å²) in [7, 11) is 0. The van der Waals surface area contributed by atoms with Crippen molar-refractivity contribution in [2.45, 2.75) is 39.7 Å². The number of hydrogen-bond acceptors (Lipinski definition) is 4. The van der Waals surface area contributed by atoms with E-state index >= 15 is 0 Å². The average Bonchev–Trinajstić information content (AvgIpc) is 2.89. The molecule has 2 heterocycles. The van der Waals surface area contributed by atoms with Crippen LogP contribution in [0.5, 0.6) is 0 Å². The number of rotatable bonds is 3. The summed E-state index contributed by atoms with van der Waals surface area (Å²) in [6.45, 7) is 8.49. The van der Waals surface area contributed by atoms with Crippen LogP contribution in [-0.2, 0) is 6.42 Å². The van der Waals surface area contributed by atoms with Gasteiger partial charge in [0.2, 0.25) is 5.28 Å². The summed E-state index contributed by atoms with van der Waals surface area (Å²) in [6, 6.07) is 8.67. The number of hydrogen-bond donors (Lipinski definition) is 1. The van der Waals surface area contributed by atoms with Gasteiger partial charge in [0.25, 0.3) is 0 Å². The zero-order valence-corrected chi connectivity index (χ0v) is 15.3. The quantitative estimate of drug-likeness (QED) is 0.611. The minimum absolute atomic E-state index is 0.101. The third-order valence-corrected chi connectivity index (χ3v) is 4.61. The van der Waals surface area contributed by atoms with Crippen molar-refractivity contribution in [3.8, 4) is 11.1 Å². The van der Waals surface area contributed by atoms with Crippen LogP contribution < -0.4 is 5.32 Å². The summed E-state index contributed by atoms with van der Waals surface area (Å²) < 4.78 is 0. The van der Waals surface area contributed by atoms with Crippen LogP contribution in [0.25, 0.3) is 21.3 Å². The van der Waals surface area contributed by atoms with E-state index in [1.807, 2.05) is 0 Å². The summed E-state index contributed by atoms with van der Waals surface area (Å²) >= 11 is 7.69. The normalized spacial score (nSPS) is 11.9. The van der Waals surface area contributed by atoms with Gasteiger partial charge in [0.1, 0.15) is 10.6 Å². The molecule has 1 N–H and O–H groups in total. The summed E-state index contributed by atoms with van der Waals surface area (Å²) in [5, 5.41) is 6.90. The van der Waals surface area contributed by atoms with Gasteiger partial charge in [0.05, 0.1) is 5.39 Å². The fraction of sp³-hybridized carbons (Fsp3) is 0.333. The molecule has 0 radical (unpaired) electrons. The Balaban J connectivity index is 2.17. The maximum atomic E-state index is 6.09. The topological polar surface area (TPSA) is 37.8 Å². The van der Waals surface area contributed by atoms with E-state index in [9.17, 15) is 0 Å². The number of aromatic nitrogens is 2. The first-order chi connectivity index (χ1) is 10.9. The number of aryl methyl sites for hydroxylation is 1. The SMILES string of the molecule is CCc1ccc(-c2csc3nc(Cl)nc(NC(C)(C)C)c23)cc1. The highest BCUT2D eigenvalue weighted by molar-refractivity contribution is 7.17. The Labute approximate surface area is 145 Å². The number of thiophene rings is 1. The van der Waals surface area contributed by atoms with Gasteiger partial charge < -0.3 is 5.32 Å². The number of anilines is 1. The maximum absolute atomic E-state index is 6.09. The molecule has 2 aromatic heterocycles. The van der Waals surface area contributed by atoms with Gasteiger partial charge >= 0.3 is 0 Å². The van der Waals surface area contributed by atoms with E-state index in [0.29, 0.717) is 0 Å². The Morgan fingerprint density at radius 3 is 2.43 bits per heavy atom. The second-order valence-corrected chi connectivity index (χ2v) is 7.79. The van der Waals surface area contributed by atoms with E-state index < -0.39 is 0 Å².